The van der Waals surface area contributed by atoms with E-state index >= 15 is 0 Å². The molecule has 8 nitrogen and oxygen atoms in total. The molecule has 0 saturated carbocycles. The van der Waals surface area contributed by atoms with Gasteiger partial charge in [-0.3, -0.25) is 10.1 Å². The van der Waals surface area contributed by atoms with Gasteiger partial charge in [-0.2, -0.15) is 4.98 Å². The number of nitrogens with two attached hydrogens (primary N) is 1. The maximum atomic E-state index is 11.0. The molecule has 0 aromatic carbocycles. The van der Waals surface area contributed by atoms with Crippen molar-refractivity contribution in [3.05, 3.63) is 15.8 Å². The van der Waals surface area contributed by atoms with Gasteiger partial charge < -0.3 is 16.2 Å². The average Bonchev–Trinajstić information content (AvgIpc) is 2.13. The van der Waals surface area contributed by atoms with E-state index < -0.39 is 16.6 Å². The fraction of sp³-hybridized carbons (Fsp3) is 0.600. The number of nitrogens with one attached hydrogen (secondary N) is 1. The molecule has 1 aromatic rings. The molecule has 0 fully saturated rings. The number of nitrogens with zero attached hydrogens (tertiary/aromatic N) is 3. The molecule has 1 heterocycles. The van der Waals surface area contributed by atoms with Crippen LogP contribution in [0.4, 0.5) is 17.5 Å². The Morgan fingerprint density at radius 2 is 2.06 bits per heavy atom. The van der Waals surface area contributed by atoms with Gasteiger partial charge in [0.05, 0.1) is 16.6 Å². The van der Waals surface area contributed by atoms with Gasteiger partial charge in [-0.1, -0.05) is 0 Å². The number of anilines is 2. The molecule has 1 atom stereocenters. The average molecular weight is 255 g/mol. The first-order chi connectivity index (χ1) is 8.15. The number of aryl methyl sites for hydroxylation is 1. The van der Waals surface area contributed by atoms with Crippen LogP contribution in [0.5, 0.6) is 0 Å². The van der Waals surface area contributed by atoms with Crippen molar-refractivity contribution in [3.8, 4) is 0 Å². The van der Waals surface area contributed by atoms with Crippen LogP contribution >= 0.6 is 0 Å². The molecule has 1 rings (SSSR count). The summed E-state index contributed by atoms with van der Waals surface area (Å²) >= 11 is 0. The largest absolute Gasteiger partial charge is 0.391 e. The number of aliphatic hydroxyl groups excluding tert-OH is 1. The lowest BCUT2D eigenvalue weighted by atomic mass is 9.99. The monoisotopic (exact) mass is 255 g/mol. The second-order valence-corrected chi connectivity index (χ2v) is 4.64. The molecule has 1 unspecified atom stereocenters. The Morgan fingerprint density at radius 3 is 2.50 bits per heavy atom. The molecule has 0 amide bonds. The Bertz CT molecular complexity index is 473. The number of hydrogen-bond donors (Lipinski definition) is 3. The minimum absolute atomic E-state index is 0.0101. The smallest absolute Gasteiger partial charge is 0.332 e. The van der Waals surface area contributed by atoms with Gasteiger partial charge in [0.25, 0.3) is 0 Å². The van der Waals surface area contributed by atoms with E-state index in [0.29, 0.717) is 0 Å². The number of nitrogen functional groups attached to an aromatic ring is 1. The zero-order valence-corrected chi connectivity index (χ0v) is 10.8. The Balaban J connectivity index is 3.27. The highest BCUT2D eigenvalue weighted by atomic mass is 16.6. The minimum Gasteiger partial charge on any atom is -0.391 e. The predicted octanol–water partition coefficient (Wildman–Crippen LogP) is 0.847. The van der Waals surface area contributed by atoms with Crippen molar-refractivity contribution >= 4 is 17.5 Å². The topological polar surface area (TPSA) is 127 Å². The normalized spacial score (nSPS) is 13.2. The van der Waals surface area contributed by atoms with Crippen molar-refractivity contribution in [3.63, 3.8) is 0 Å². The van der Waals surface area contributed by atoms with Crippen molar-refractivity contribution < 1.29 is 10.0 Å². The molecule has 0 spiro atoms. The quantitative estimate of drug-likeness (QED) is 0.537. The summed E-state index contributed by atoms with van der Waals surface area (Å²) in [6.07, 6.45) is -0.728. The van der Waals surface area contributed by atoms with E-state index in [1.54, 1.807) is 20.8 Å². The lowest BCUT2D eigenvalue weighted by molar-refractivity contribution is -0.385. The highest BCUT2D eigenvalue weighted by Crippen LogP contribution is 2.29. The molecule has 1 aromatic heterocycles. The molecule has 0 aliphatic rings. The molecule has 100 valence electrons. The molecule has 0 radical (unpaired) electrons. The van der Waals surface area contributed by atoms with E-state index in [1.165, 1.54) is 6.92 Å². The Labute approximate surface area is 104 Å². The van der Waals surface area contributed by atoms with Crippen LogP contribution < -0.4 is 11.1 Å². The first-order valence-electron chi connectivity index (χ1n) is 5.40. The van der Waals surface area contributed by atoms with Crippen LogP contribution in [0, 0.1) is 17.0 Å². The SMILES string of the molecule is Cc1nc(N)nc(NC(C)(C)C(C)O)c1[N+](=O)[O-]. The first-order valence-corrected chi connectivity index (χ1v) is 5.40. The highest BCUT2D eigenvalue weighted by Gasteiger charge is 2.30. The predicted molar refractivity (Wildman–Crippen MR) is 67.2 cm³/mol. The van der Waals surface area contributed by atoms with E-state index in [0.717, 1.165) is 0 Å². The zero-order chi connectivity index (χ0) is 14.1. The Morgan fingerprint density at radius 1 is 1.50 bits per heavy atom. The van der Waals surface area contributed by atoms with Crippen molar-refractivity contribution in [2.45, 2.75) is 39.3 Å². The highest BCUT2D eigenvalue weighted by molar-refractivity contribution is 5.61. The third kappa shape index (κ3) is 2.83. The number of aromatic nitrogens is 2. The van der Waals surface area contributed by atoms with Gasteiger partial charge in [-0.15, -0.1) is 0 Å². The Hall–Kier alpha value is -1.96. The van der Waals surface area contributed by atoms with Gasteiger partial charge in [0.15, 0.2) is 0 Å². The van der Waals surface area contributed by atoms with Crippen molar-refractivity contribution in [1.29, 1.82) is 0 Å². The molecule has 8 heteroatoms. The van der Waals surface area contributed by atoms with Crippen LogP contribution in [-0.4, -0.2) is 31.6 Å². The van der Waals surface area contributed by atoms with Gasteiger partial charge >= 0.3 is 5.69 Å². The summed E-state index contributed by atoms with van der Waals surface area (Å²) in [7, 11) is 0. The van der Waals surface area contributed by atoms with Gasteiger partial charge in [0.1, 0.15) is 5.69 Å². The molecule has 4 N–H and O–H groups in total. The van der Waals surface area contributed by atoms with Gasteiger partial charge in [-0.05, 0) is 27.7 Å². The zero-order valence-electron chi connectivity index (χ0n) is 10.8. The molecule has 0 aliphatic carbocycles. The second kappa shape index (κ2) is 4.73. The van der Waals surface area contributed by atoms with Crippen LogP contribution in [0.15, 0.2) is 0 Å². The fourth-order valence-electron chi connectivity index (χ4n) is 1.30. The molecule has 0 bridgehead atoms. The summed E-state index contributed by atoms with van der Waals surface area (Å²) in [4.78, 5) is 18.0. The lowest BCUT2D eigenvalue weighted by Gasteiger charge is -2.29. The number of rotatable bonds is 4. The van der Waals surface area contributed by atoms with Crippen LogP contribution in [0.3, 0.4) is 0 Å². The fourth-order valence-corrected chi connectivity index (χ4v) is 1.30. The summed E-state index contributed by atoms with van der Waals surface area (Å²) in [5.41, 5.74) is 4.64. The van der Waals surface area contributed by atoms with E-state index in [-0.39, 0.29) is 23.1 Å². The maximum Gasteiger partial charge on any atom is 0.332 e. The maximum absolute atomic E-state index is 11.0. The van der Waals surface area contributed by atoms with Gasteiger partial charge in [0, 0.05) is 0 Å². The van der Waals surface area contributed by atoms with E-state index in [9.17, 15) is 15.2 Å². The Kier molecular flexibility index (Phi) is 3.70. The van der Waals surface area contributed by atoms with Crippen LogP contribution in [0.25, 0.3) is 0 Å². The van der Waals surface area contributed by atoms with Crippen LogP contribution in [-0.2, 0) is 0 Å². The summed E-state index contributed by atoms with van der Waals surface area (Å²) in [5, 5.41) is 23.4. The molecule has 0 saturated heterocycles. The van der Waals surface area contributed by atoms with Gasteiger partial charge in [-0.25, -0.2) is 4.98 Å². The minimum atomic E-state index is -0.780. The van der Waals surface area contributed by atoms with Crippen LogP contribution in [0.1, 0.15) is 26.5 Å². The van der Waals surface area contributed by atoms with Crippen molar-refractivity contribution in [1.82, 2.24) is 9.97 Å². The summed E-state index contributed by atoms with van der Waals surface area (Å²) in [6.45, 7) is 6.47. The van der Waals surface area contributed by atoms with Gasteiger partial charge in [0.2, 0.25) is 11.8 Å². The summed E-state index contributed by atoms with van der Waals surface area (Å²) < 4.78 is 0. The van der Waals surface area contributed by atoms with Crippen molar-refractivity contribution in [2.24, 2.45) is 0 Å². The van der Waals surface area contributed by atoms with Crippen molar-refractivity contribution in [2.75, 3.05) is 11.1 Å². The summed E-state index contributed by atoms with van der Waals surface area (Å²) in [5.74, 6) is -0.0436. The molecular weight excluding hydrogens is 238 g/mol. The second-order valence-electron chi connectivity index (χ2n) is 4.64. The van der Waals surface area contributed by atoms with Crippen LogP contribution in [0.2, 0.25) is 0 Å². The third-order valence-corrected chi connectivity index (χ3v) is 2.74. The first kappa shape index (κ1) is 14.1. The standard InChI is InChI=1S/C10H17N5O3/c1-5-7(15(17)18)8(13-9(11)12-5)14-10(3,4)6(2)16/h6,16H,1-4H3,(H3,11,12,13,14). The number of aliphatic hydroxyl groups is 1. The third-order valence-electron chi connectivity index (χ3n) is 2.74. The summed E-state index contributed by atoms with van der Waals surface area (Å²) in [6, 6.07) is 0. The van der Waals surface area contributed by atoms with E-state index in [2.05, 4.69) is 15.3 Å². The molecular formula is C10H17N5O3. The van der Waals surface area contributed by atoms with E-state index in [4.69, 9.17) is 5.73 Å². The molecule has 18 heavy (non-hydrogen) atoms. The lowest BCUT2D eigenvalue weighted by Crippen LogP contribution is -2.42. The number of nitro groups is 1. The van der Waals surface area contributed by atoms with E-state index in [1.807, 2.05) is 0 Å². The molecule has 0 aliphatic heterocycles. The number of hydrogen-bond acceptors (Lipinski definition) is 7.